The number of rotatable bonds is 6. The van der Waals surface area contributed by atoms with Crippen LogP contribution in [0.1, 0.15) is 42.5 Å². The van der Waals surface area contributed by atoms with Gasteiger partial charge in [0.15, 0.2) is 0 Å². The monoisotopic (exact) mass is 292 g/mol. The molecule has 0 spiro atoms. The lowest BCUT2D eigenvalue weighted by Crippen LogP contribution is -2.26. The highest BCUT2D eigenvalue weighted by Crippen LogP contribution is 2.27. The number of benzene rings is 1. The van der Waals surface area contributed by atoms with E-state index in [4.69, 9.17) is 5.84 Å². The van der Waals surface area contributed by atoms with Gasteiger partial charge in [0.25, 0.3) is 11.6 Å². The van der Waals surface area contributed by atoms with E-state index in [9.17, 15) is 14.9 Å². The second-order valence-corrected chi connectivity index (χ2v) is 5.33. The number of amides is 1. The Labute approximate surface area is 123 Å². The quantitative estimate of drug-likeness (QED) is 0.423. The molecule has 0 bridgehead atoms. The van der Waals surface area contributed by atoms with Gasteiger partial charge in [0, 0.05) is 18.3 Å². The van der Waals surface area contributed by atoms with E-state index < -0.39 is 10.8 Å². The Hall–Kier alpha value is -2.15. The maximum absolute atomic E-state index is 12.1. The van der Waals surface area contributed by atoms with Crippen LogP contribution in [0.4, 0.5) is 11.4 Å². The van der Waals surface area contributed by atoms with E-state index in [0.717, 1.165) is 6.42 Å². The van der Waals surface area contributed by atoms with Gasteiger partial charge >= 0.3 is 0 Å². The highest BCUT2D eigenvalue weighted by atomic mass is 16.6. The molecule has 7 heteroatoms. The first kappa shape index (κ1) is 15.2. The Morgan fingerprint density at radius 1 is 1.38 bits per heavy atom. The Bertz CT molecular complexity index is 527. The molecule has 0 heterocycles. The lowest BCUT2D eigenvalue weighted by molar-refractivity contribution is -0.385. The third-order valence-corrected chi connectivity index (χ3v) is 3.92. The summed E-state index contributed by atoms with van der Waals surface area (Å²) in [5.74, 6) is 5.51. The number of anilines is 1. The van der Waals surface area contributed by atoms with Gasteiger partial charge in [-0.2, -0.15) is 0 Å². The molecule has 0 atom stereocenters. The van der Waals surface area contributed by atoms with Gasteiger partial charge in [-0.05, 0) is 24.5 Å². The highest BCUT2D eigenvalue weighted by Gasteiger charge is 2.21. The predicted octanol–water partition coefficient (Wildman–Crippen LogP) is 2.19. The Morgan fingerprint density at radius 2 is 2.10 bits per heavy atom. The van der Waals surface area contributed by atoms with Crippen LogP contribution in [0, 0.1) is 16.0 Å². The summed E-state index contributed by atoms with van der Waals surface area (Å²) in [5, 5.41) is 13.7. The minimum absolute atomic E-state index is 0.0295. The zero-order chi connectivity index (χ0) is 15.2. The second kappa shape index (κ2) is 7.03. The van der Waals surface area contributed by atoms with Crippen LogP contribution in [0.3, 0.4) is 0 Å². The van der Waals surface area contributed by atoms with Crippen molar-refractivity contribution in [3.8, 4) is 0 Å². The van der Waals surface area contributed by atoms with Crippen LogP contribution in [0.15, 0.2) is 18.2 Å². The summed E-state index contributed by atoms with van der Waals surface area (Å²) in [6, 6.07) is 4.14. The smallest absolute Gasteiger partial charge is 0.282 e. The molecule has 7 nitrogen and oxygen atoms in total. The fraction of sp³-hybridized carbons (Fsp3) is 0.500. The number of carbonyl (C=O) groups is 1. The van der Waals surface area contributed by atoms with Crippen LogP contribution in [-0.4, -0.2) is 17.4 Å². The standard InChI is InChI=1S/C14H20N4O3/c15-17-11-5-6-13(18(20)21)12(9-11)14(19)16-8-7-10-3-1-2-4-10/h5-6,9-10,17H,1-4,7-8,15H2,(H,16,19). The molecular weight excluding hydrogens is 272 g/mol. The van der Waals surface area contributed by atoms with Crippen LogP contribution < -0.4 is 16.6 Å². The predicted molar refractivity (Wildman–Crippen MR) is 79.8 cm³/mol. The van der Waals surface area contributed by atoms with Crippen molar-refractivity contribution in [3.05, 3.63) is 33.9 Å². The van der Waals surface area contributed by atoms with Crippen molar-refractivity contribution < 1.29 is 9.72 Å². The topological polar surface area (TPSA) is 110 Å². The van der Waals surface area contributed by atoms with Gasteiger partial charge in [-0.1, -0.05) is 25.7 Å². The fourth-order valence-electron chi connectivity index (χ4n) is 2.75. The van der Waals surface area contributed by atoms with Crippen molar-refractivity contribution in [1.29, 1.82) is 0 Å². The average Bonchev–Trinajstić information content (AvgIpc) is 2.99. The minimum atomic E-state index is -0.563. The SMILES string of the molecule is NNc1ccc([N+](=O)[O-])c(C(=O)NCCC2CCCC2)c1. The number of nitrogen functional groups attached to an aromatic ring is 1. The van der Waals surface area contributed by atoms with E-state index in [2.05, 4.69) is 10.7 Å². The normalized spacial score (nSPS) is 14.9. The zero-order valence-corrected chi connectivity index (χ0v) is 11.8. The van der Waals surface area contributed by atoms with Gasteiger partial charge < -0.3 is 10.7 Å². The molecule has 0 aliphatic heterocycles. The lowest BCUT2D eigenvalue weighted by atomic mass is 10.0. The molecule has 21 heavy (non-hydrogen) atoms. The van der Waals surface area contributed by atoms with Crippen LogP contribution in [0.2, 0.25) is 0 Å². The first-order valence-electron chi connectivity index (χ1n) is 7.15. The molecule has 1 fully saturated rings. The van der Waals surface area contributed by atoms with Crippen molar-refractivity contribution in [3.63, 3.8) is 0 Å². The van der Waals surface area contributed by atoms with E-state index in [0.29, 0.717) is 18.2 Å². The molecule has 1 aliphatic rings. The second-order valence-electron chi connectivity index (χ2n) is 5.33. The van der Waals surface area contributed by atoms with Gasteiger partial charge in [0.1, 0.15) is 5.56 Å². The van der Waals surface area contributed by atoms with Crippen LogP contribution in [0.5, 0.6) is 0 Å². The van der Waals surface area contributed by atoms with Gasteiger partial charge in [-0.25, -0.2) is 0 Å². The third-order valence-electron chi connectivity index (χ3n) is 3.92. The molecule has 1 saturated carbocycles. The van der Waals surface area contributed by atoms with Crippen LogP contribution >= 0.6 is 0 Å². The van der Waals surface area contributed by atoms with Gasteiger partial charge in [-0.3, -0.25) is 20.8 Å². The first-order chi connectivity index (χ1) is 10.1. The summed E-state index contributed by atoms with van der Waals surface area (Å²) in [6.07, 6.45) is 5.86. The number of nitrogens with two attached hydrogens (primary N) is 1. The van der Waals surface area contributed by atoms with Gasteiger partial charge in [-0.15, -0.1) is 0 Å². The molecule has 0 radical (unpaired) electrons. The van der Waals surface area contributed by atoms with Crippen molar-refractivity contribution in [2.75, 3.05) is 12.0 Å². The largest absolute Gasteiger partial charge is 0.352 e. The van der Waals surface area contributed by atoms with E-state index >= 15 is 0 Å². The number of hydrogen-bond acceptors (Lipinski definition) is 5. The Balaban J connectivity index is 2.00. The maximum atomic E-state index is 12.1. The number of hydrazine groups is 1. The number of nitro benzene ring substituents is 1. The number of nitro groups is 1. The molecule has 1 aromatic rings. The van der Waals surface area contributed by atoms with E-state index in [1.54, 1.807) is 0 Å². The lowest BCUT2D eigenvalue weighted by Gasteiger charge is -2.10. The first-order valence-corrected chi connectivity index (χ1v) is 7.15. The molecule has 1 aliphatic carbocycles. The number of hydrogen-bond donors (Lipinski definition) is 3. The summed E-state index contributed by atoms with van der Waals surface area (Å²) in [5.41, 5.74) is 2.66. The maximum Gasteiger partial charge on any atom is 0.282 e. The minimum Gasteiger partial charge on any atom is -0.352 e. The van der Waals surface area contributed by atoms with Crippen molar-refractivity contribution in [2.24, 2.45) is 11.8 Å². The molecule has 114 valence electrons. The molecule has 2 rings (SSSR count). The van der Waals surface area contributed by atoms with Gasteiger partial charge in [0.05, 0.1) is 4.92 Å². The van der Waals surface area contributed by atoms with Crippen molar-refractivity contribution in [1.82, 2.24) is 5.32 Å². The number of nitrogens with one attached hydrogen (secondary N) is 2. The summed E-state index contributed by atoms with van der Waals surface area (Å²) >= 11 is 0. The molecule has 1 aromatic carbocycles. The average molecular weight is 292 g/mol. The molecule has 0 unspecified atom stereocenters. The van der Waals surface area contributed by atoms with Crippen molar-refractivity contribution >= 4 is 17.3 Å². The van der Waals surface area contributed by atoms with Crippen LogP contribution in [-0.2, 0) is 0 Å². The van der Waals surface area contributed by atoms with E-state index in [-0.39, 0.29) is 11.3 Å². The Morgan fingerprint density at radius 3 is 2.71 bits per heavy atom. The summed E-state index contributed by atoms with van der Waals surface area (Å²) in [6.45, 7) is 0.543. The molecule has 0 aromatic heterocycles. The number of carbonyl (C=O) groups excluding carboxylic acids is 1. The Kier molecular flexibility index (Phi) is 5.10. The molecular formula is C14H20N4O3. The molecule has 4 N–H and O–H groups in total. The summed E-state index contributed by atoms with van der Waals surface area (Å²) < 4.78 is 0. The summed E-state index contributed by atoms with van der Waals surface area (Å²) in [4.78, 5) is 22.5. The molecule has 1 amide bonds. The fourth-order valence-corrected chi connectivity index (χ4v) is 2.75. The zero-order valence-electron chi connectivity index (χ0n) is 11.8. The van der Waals surface area contributed by atoms with Gasteiger partial charge in [0.2, 0.25) is 0 Å². The molecule has 0 saturated heterocycles. The number of nitrogens with zero attached hydrogens (tertiary/aromatic N) is 1. The van der Waals surface area contributed by atoms with E-state index in [1.165, 1.54) is 43.9 Å². The van der Waals surface area contributed by atoms with E-state index in [1.807, 2.05) is 0 Å². The van der Waals surface area contributed by atoms with Crippen LogP contribution in [0.25, 0.3) is 0 Å². The highest BCUT2D eigenvalue weighted by molar-refractivity contribution is 5.99. The van der Waals surface area contributed by atoms with Crippen molar-refractivity contribution in [2.45, 2.75) is 32.1 Å². The third kappa shape index (κ3) is 3.91. The summed E-state index contributed by atoms with van der Waals surface area (Å²) in [7, 11) is 0.